The highest BCUT2D eigenvalue weighted by Crippen LogP contribution is 2.33. The van der Waals surface area contributed by atoms with Crippen LogP contribution in [0, 0.1) is 5.92 Å². The molecule has 1 aliphatic rings. The third-order valence-electron chi connectivity index (χ3n) is 4.01. The lowest BCUT2D eigenvalue weighted by Crippen LogP contribution is -2.17. The van der Waals surface area contributed by atoms with Crippen molar-refractivity contribution in [3.63, 3.8) is 0 Å². The van der Waals surface area contributed by atoms with Gasteiger partial charge in [-0.3, -0.25) is 0 Å². The zero-order chi connectivity index (χ0) is 11.7. The molecule has 0 unspecified atom stereocenters. The molecule has 1 heteroatoms. The first-order chi connectivity index (χ1) is 8.38. The van der Waals surface area contributed by atoms with E-state index in [0.717, 1.165) is 12.5 Å². The van der Waals surface area contributed by atoms with Crippen LogP contribution >= 0.6 is 0 Å². The maximum atomic E-state index is 3.64. The third-order valence-corrected chi connectivity index (χ3v) is 4.01. The van der Waals surface area contributed by atoms with Gasteiger partial charge in [0, 0.05) is 6.04 Å². The average molecular weight is 225 g/mol. The summed E-state index contributed by atoms with van der Waals surface area (Å²) in [6.45, 7) is 3.46. The summed E-state index contributed by atoms with van der Waals surface area (Å²) < 4.78 is 0. The predicted molar refractivity (Wildman–Crippen MR) is 73.1 cm³/mol. The van der Waals surface area contributed by atoms with E-state index < -0.39 is 0 Å². The number of nitrogens with one attached hydrogen (secondary N) is 1. The van der Waals surface area contributed by atoms with Gasteiger partial charge in [-0.15, -0.1) is 0 Å². The summed E-state index contributed by atoms with van der Waals surface area (Å²) in [7, 11) is 0. The van der Waals surface area contributed by atoms with Gasteiger partial charge in [-0.05, 0) is 41.3 Å². The minimum absolute atomic E-state index is 0.560. The van der Waals surface area contributed by atoms with Gasteiger partial charge in [-0.1, -0.05) is 49.7 Å². The zero-order valence-corrected chi connectivity index (χ0v) is 10.3. The Bertz CT molecular complexity index is 518. The molecular weight excluding hydrogens is 206 g/mol. The summed E-state index contributed by atoms with van der Waals surface area (Å²) in [6, 6.07) is 16.0. The summed E-state index contributed by atoms with van der Waals surface area (Å²) >= 11 is 0. The highest BCUT2D eigenvalue weighted by atomic mass is 14.9. The standard InChI is InChI=1S/C16H19N/c1-2-12-9-10-17-16(12)15-8-7-13-5-3-4-6-14(13)11-15/h3-8,11-12,16-17H,2,9-10H2,1H3/t12-,16+/m1/s1. The van der Waals surface area contributed by atoms with E-state index in [9.17, 15) is 0 Å². The van der Waals surface area contributed by atoms with Gasteiger partial charge in [0.25, 0.3) is 0 Å². The predicted octanol–water partition coefficient (Wildman–Crippen LogP) is 3.90. The molecule has 2 aromatic rings. The first-order valence-corrected chi connectivity index (χ1v) is 6.60. The van der Waals surface area contributed by atoms with E-state index in [1.54, 1.807) is 0 Å². The molecule has 17 heavy (non-hydrogen) atoms. The topological polar surface area (TPSA) is 12.0 Å². The summed E-state index contributed by atoms with van der Waals surface area (Å²) in [5, 5.41) is 6.33. The van der Waals surface area contributed by atoms with Crippen LogP contribution in [0.1, 0.15) is 31.4 Å². The highest BCUT2D eigenvalue weighted by Gasteiger charge is 2.26. The van der Waals surface area contributed by atoms with Gasteiger partial charge in [0.2, 0.25) is 0 Å². The molecule has 1 heterocycles. The van der Waals surface area contributed by atoms with Gasteiger partial charge in [-0.2, -0.15) is 0 Å². The molecule has 1 fully saturated rings. The number of benzene rings is 2. The van der Waals surface area contributed by atoms with Crippen LogP contribution < -0.4 is 5.32 Å². The van der Waals surface area contributed by atoms with Crippen molar-refractivity contribution in [2.75, 3.05) is 6.54 Å². The number of hydrogen-bond acceptors (Lipinski definition) is 1. The smallest absolute Gasteiger partial charge is 0.0349 e. The van der Waals surface area contributed by atoms with Crippen LogP contribution in [0.15, 0.2) is 42.5 Å². The molecule has 1 aliphatic heterocycles. The fourth-order valence-corrected chi connectivity index (χ4v) is 2.99. The lowest BCUT2D eigenvalue weighted by atomic mass is 9.91. The molecule has 0 radical (unpaired) electrons. The normalized spacial score (nSPS) is 24.3. The molecule has 0 aliphatic carbocycles. The van der Waals surface area contributed by atoms with Crippen LogP contribution in [0.25, 0.3) is 10.8 Å². The Morgan fingerprint density at radius 3 is 2.76 bits per heavy atom. The average Bonchev–Trinajstić information content (AvgIpc) is 2.86. The molecule has 0 saturated carbocycles. The molecule has 0 aromatic heterocycles. The lowest BCUT2D eigenvalue weighted by molar-refractivity contribution is 0.450. The van der Waals surface area contributed by atoms with Gasteiger partial charge >= 0.3 is 0 Å². The van der Waals surface area contributed by atoms with Gasteiger partial charge in [0.1, 0.15) is 0 Å². The molecule has 0 spiro atoms. The van der Waals surface area contributed by atoms with Gasteiger partial charge in [-0.25, -0.2) is 0 Å². The molecule has 3 rings (SSSR count). The Kier molecular flexibility index (Phi) is 2.86. The lowest BCUT2D eigenvalue weighted by Gasteiger charge is -2.19. The van der Waals surface area contributed by atoms with Gasteiger partial charge in [0.05, 0.1) is 0 Å². The number of rotatable bonds is 2. The van der Waals surface area contributed by atoms with Crippen molar-refractivity contribution in [1.29, 1.82) is 0 Å². The van der Waals surface area contributed by atoms with E-state index in [2.05, 4.69) is 54.7 Å². The molecule has 1 N–H and O–H groups in total. The van der Waals surface area contributed by atoms with Crippen molar-refractivity contribution < 1.29 is 0 Å². The Balaban J connectivity index is 2.00. The SMILES string of the molecule is CC[C@@H]1CCN[C@@H]1c1ccc2ccccc2c1. The second-order valence-electron chi connectivity index (χ2n) is 5.00. The van der Waals surface area contributed by atoms with E-state index in [0.29, 0.717) is 6.04 Å². The minimum Gasteiger partial charge on any atom is -0.310 e. The fourth-order valence-electron chi connectivity index (χ4n) is 2.99. The molecule has 1 saturated heterocycles. The largest absolute Gasteiger partial charge is 0.310 e. The zero-order valence-electron chi connectivity index (χ0n) is 10.3. The summed E-state index contributed by atoms with van der Waals surface area (Å²) in [4.78, 5) is 0. The van der Waals surface area contributed by atoms with E-state index in [1.165, 1.54) is 29.2 Å². The molecular formula is C16H19N. The number of hydrogen-bond donors (Lipinski definition) is 1. The van der Waals surface area contributed by atoms with E-state index in [-0.39, 0.29) is 0 Å². The molecule has 1 nitrogen and oxygen atoms in total. The Morgan fingerprint density at radius 2 is 1.94 bits per heavy atom. The second kappa shape index (κ2) is 4.50. The van der Waals surface area contributed by atoms with Gasteiger partial charge < -0.3 is 5.32 Å². The van der Waals surface area contributed by atoms with Crippen LogP contribution in [0.3, 0.4) is 0 Å². The Labute approximate surface area is 103 Å². The van der Waals surface area contributed by atoms with Crippen LogP contribution in [0.2, 0.25) is 0 Å². The Morgan fingerprint density at radius 1 is 1.12 bits per heavy atom. The van der Waals surface area contributed by atoms with Crippen molar-refractivity contribution in [2.24, 2.45) is 5.92 Å². The molecule has 2 aromatic carbocycles. The van der Waals surface area contributed by atoms with Crippen LogP contribution in [0.4, 0.5) is 0 Å². The first-order valence-electron chi connectivity index (χ1n) is 6.60. The van der Waals surface area contributed by atoms with E-state index in [4.69, 9.17) is 0 Å². The summed E-state index contributed by atoms with van der Waals surface area (Å²) in [6.07, 6.45) is 2.58. The van der Waals surface area contributed by atoms with E-state index in [1.807, 2.05) is 0 Å². The highest BCUT2D eigenvalue weighted by molar-refractivity contribution is 5.83. The van der Waals surface area contributed by atoms with Crippen molar-refractivity contribution in [2.45, 2.75) is 25.8 Å². The fraction of sp³-hybridized carbons (Fsp3) is 0.375. The van der Waals surface area contributed by atoms with Crippen LogP contribution in [0.5, 0.6) is 0 Å². The number of fused-ring (bicyclic) bond motifs is 1. The quantitative estimate of drug-likeness (QED) is 0.817. The van der Waals surface area contributed by atoms with Crippen molar-refractivity contribution >= 4 is 10.8 Å². The van der Waals surface area contributed by atoms with Crippen molar-refractivity contribution in [1.82, 2.24) is 5.32 Å². The third kappa shape index (κ3) is 1.96. The molecule has 2 atom stereocenters. The minimum atomic E-state index is 0.560. The Hall–Kier alpha value is -1.34. The maximum absolute atomic E-state index is 3.64. The van der Waals surface area contributed by atoms with Crippen molar-refractivity contribution in [3.8, 4) is 0 Å². The van der Waals surface area contributed by atoms with Crippen molar-refractivity contribution in [3.05, 3.63) is 48.0 Å². The molecule has 88 valence electrons. The second-order valence-corrected chi connectivity index (χ2v) is 5.00. The van der Waals surface area contributed by atoms with E-state index >= 15 is 0 Å². The summed E-state index contributed by atoms with van der Waals surface area (Å²) in [5.74, 6) is 0.802. The van der Waals surface area contributed by atoms with Crippen LogP contribution in [-0.2, 0) is 0 Å². The maximum Gasteiger partial charge on any atom is 0.0349 e. The monoisotopic (exact) mass is 225 g/mol. The molecule has 0 amide bonds. The summed E-state index contributed by atoms with van der Waals surface area (Å²) in [5.41, 5.74) is 1.45. The van der Waals surface area contributed by atoms with Gasteiger partial charge in [0.15, 0.2) is 0 Å². The first kappa shape index (κ1) is 10.8. The van der Waals surface area contributed by atoms with Crippen LogP contribution in [-0.4, -0.2) is 6.54 Å². The molecule has 0 bridgehead atoms.